The highest BCUT2D eigenvalue weighted by Crippen LogP contribution is 2.47. The lowest BCUT2D eigenvalue weighted by Gasteiger charge is -2.13. The van der Waals surface area contributed by atoms with Crippen LogP contribution in [0.5, 0.6) is 5.75 Å². The van der Waals surface area contributed by atoms with E-state index in [2.05, 4.69) is 4.74 Å². The Balaban J connectivity index is 2.11. The molecule has 1 aromatic rings. The molecule has 1 saturated carbocycles. The second-order valence-corrected chi connectivity index (χ2v) is 4.44. The molecule has 0 radical (unpaired) electrons. The molecule has 1 aliphatic carbocycles. The summed E-state index contributed by atoms with van der Waals surface area (Å²) in [6.07, 6.45) is -4.50. The molecule has 0 heterocycles. The van der Waals surface area contributed by atoms with Crippen molar-refractivity contribution >= 4 is 0 Å². The van der Waals surface area contributed by atoms with Crippen molar-refractivity contribution < 1.29 is 23.0 Å². The molecule has 2 rings (SSSR count). The number of hydrogen-bond acceptors (Lipinski definition) is 2. The highest BCUT2D eigenvalue weighted by molar-refractivity contribution is 5.31. The first-order chi connectivity index (χ1) is 7.87. The normalized spacial score (nSPS) is 25.5. The summed E-state index contributed by atoms with van der Waals surface area (Å²) in [6.45, 7) is 2.00. The molecule has 0 spiro atoms. The van der Waals surface area contributed by atoms with E-state index in [-0.39, 0.29) is 11.7 Å². The first-order valence-corrected chi connectivity index (χ1v) is 5.40. The minimum atomic E-state index is -4.70. The number of ether oxygens (including phenoxy) is 1. The molecule has 0 aromatic heterocycles. The van der Waals surface area contributed by atoms with Crippen LogP contribution in [-0.2, 0) is 0 Å². The van der Waals surface area contributed by atoms with Crippen molar-refractivity contribution in [2.75, 3.05) is 0 Å². The third kappa shape index (κ3) is 3.12. The number of hydrogen-bond donors (Lipinski definition) is 1. The van der Waals surface area contributed by atoms with Crippen LogP contribution in [0.25, 0.3) is 0 Å². The van der Waals surface area contributed by atoms with Crippen LogP contribution in [0, 0.1) is 11.8 Å². The van der Waals surface area contributed by atoms with Gasteiger partial charge in [-0.3, -0.25) is 0 Å². The predicted octanol–water partition coefficient (Wildman–Crippen LogP) is 3.27. The maximum absolute atomic E-state index is 12.0. The van der Waals surface area contributed by atoms with Crippen molar-refractivity contribution in [3.8, 4) is 5.75 Å². The average Bonchev–Trinajstić information content (AvgIpc) is 2.92. The van der Waals surface area contributed by atoms with Crippen LogP contribution in [0.15, 0.2) is 24.3 Å². The van der Waals surface area contributed by atoms with E-state index in [0.29, 0.717) is 11.5 Å². The summed E-state index contributed by atoms with van der Waals surface area (Å²) < 4.78 is 39.9. The van der Waals surface area contributed by atoms with Crippen molar-refractivity contribution in [2.45, 2.75) is 25.8 Å². The Morgan fingerprint density at radius 3 is 2.59 bits per heavy atom. The minimum absolute atomic E-state index is 0.149. The molecule has 1 N–H and O–H groups in total. The zero-order chi connectivity index (χ0) is 12.6. The van der Waals surface area contributed by atoms with E-state index in [0.717, 1.165) is 6.42 Å². The van der Waals surface area contributed by atoms with E-state index < -0.39 is 12.5 Å². The fourth-order valence-corrected chi connectivity index (χ4v) is 1.93. The van der Waals surface area contributed by atoms with Crippen LogP contribution in [0.3, 0.4) is 0 Å². The Labute approximate surface area is 97.0 Å². The van der Waals surface area contributed by atoms with Crippen molar-refractivity contribution in [3.63, 3.8) is 0 Å². The molecular weight excluding hydrogens is 233 g/mol. The number of aliphatic hydroxyl groups is 1. The largest absolute Gasteiger partial charge is 0.573 e. The molecule has 17 heavy (non-hydrogen) atoms. The third-order valence-corrected chi connectivity index (χ3v) is 3.01. The SMILES string of the molecule is CC1CC1C(O)c1cccc(OC(F)(F)F)c1. The maximum atomic E-state index is 12.0. The van der Waals surface area contributed by atoms with Gasteiger partial charge in [0.15, 0.2) is 0 Å². The van der Waals surface area contributed by atoms with E-state index in [4.69, 9.17) is 0 Å². The van der Waals surface area contributed by atoms with Gasteiger partial charge in [-0.25, -0.2) is 0 Å². The van der Waals surface area contributed by atoms with Crippen molar-refractivity contribution in [3.05, 3.63) is 29.8 Å². The second kappa shape index (κ2) is 4.22. The van der Waals surface area contributed by atoms with Crippen molar-refractivity contribution in [1.82, 2.24) is 0 Å². The van der Waals surface area contributed by atoms with Gasteiger partial charge >= 0.3 is 6.36 Å². The van der Waals surface area contributed by atoms with Gasteiger partial charge in [0.1, 0.15) is 5.75 Å². The lowest BCUT2D eigenvalue weighted by molar-refractivity contribution is -0.274. The first-order valence-electron chi connectivity index (χ1n) is 5.40. The van der Waals surface area contributed by atoms with Gasteiger partial charge in [0.05, 0.1) is 6.10 Å². The Morgan fingerprint density at radius 1 is 1.41 bits per heavy atom. The Hall–Kier alpha value is -1.23. The minimum Gasteiger partial charge on any atom is -0.406 e. The lowest BCUT2D eigenvalue weighted by atomic mass is 10.0. The summed E-state index contributed by atoms with van der Waals surface area (Å²) in [6, 6.07) is 5.52. The Kier molecular flexibility index (Phi) is 3.03. The quantitative estimate of drug-likeness (QED) is 0.886. The Bertz CT molecular complexity index is 403. The molecule has 1 aromatic carbocycles. The summed E-state index contributed by atoms with van der Waals surface area (Å²) in [5.41, 5.74) is 0.473. The molecule has 0 saturated heterocycles. The molecule has 2 nitrogen and oxygen atoms in total. The smallest absolute Gasteiger partial charge is 0.406 e. The number of aliphatic hydroxyl groups excluding tert-OH is 1. The number of benzene rings is 1. The van der Waals surface area contributed by atoms with Gasteiger partial charge in [-0.05, 0) is 36.0 Å². The van der Waals surface area contributed by atoms with E-state index in [1.807, 2.05) is 6.92 Å². The summed E-state index contributed by atoms with van der Waals surface area (Å²) in [4.78, 5) is 0. The van der Waals surface area contributed by atoms with Gasteiger partial charge in [0, 0.05) is 0 Å². The Morgan fingerprint density at radius 2 is 2.06 bits per heavy atom. The van der Waals surface area contributed by atoms with Gasteiger partial charge in [-0.15, -0.1) is 13.2 Å². The molecule has 1 fully saturated rings. The summed E-state index contributed by atoms with van der Waals surface area (Å²) in [5, 5.41) is 9.92. The topological polar surface area (TPSA) is 29.5 Å². The number of alkyl halides is 3. The van der Waals surface area contributed by atoms with Crippen molar-refractivity contribution in [2.24, 2.45) is 11.8 Å². The molecule has 0 bridgehead atoms. The van der Waals surface area contributed by atoms with Gasteiger partial charge in [0.25, 0.3) is 0 Å². The average molecular weight is 246 g/mol. The number of halogens is 3. The van der Waals surface area contributed by atoms with Crippen molar-refractivity contribution in [1.29, 1.82) is 0 Å². The molecule has 5 heteroatoms. The van der Waals surface area contributed by atoms with Crippen LogP contribution in [0.1, 0.15) is 25.0 Å². The van der Waals surface area contributed by atoms with Crippen LogP contribution in [0.4, 0.5) is 13.2 Å². The number of rotatable bonds is 3. The maximum Gasteiger partial charge on any atom is 0.573 e. The first kappa shape index (κ1) is 12.2. The molecule has 3 unspecified atom stereocenters. The molecule has 3 atom stereocenters. The van der Waals surface area contributed by atoms with E-state index in [1.165, 1.54) is 18.2 Å². The third-order valence-electron chi connectivity index (χ3n) is 3.01. The fraction of sp³-hybridized carbons (Fsp3) is 0.500. The highest BCUT2D eigenvalue weighted by atomic mass is 19.4. The van der Waals surface area contributed by atoms with Gasteiger partial charge in [0.2, 0.25) is 0 Å². The summed E-state index contributed by atoms with van der Waals surface area (Å²) in [5.74, 6) is 0.288. The van der Waals surface area contributed by atoms with Gasteiger partial charge < -0.3 is 9.84 Å². The van der Waals surface area contributed by atoms with E-state index in [9.17, 15) is 18.3 Å². The van der Waals surface area contributed by atoms with Crippen LogP contribution < -0.4 is 4.74 Å². The van der Waals surface area contributed by atoms with Crippen LogP contribution >= 0.6 is 0 Å². The molecule has 1 aliphatic rings. The molecule has 0 aliphatic heterocycles. The standard InChI is InChI=1S/C12H13F3O2/c1-7-5-10(7)11(16)8-3-2-4-9(6-8)17-12(13,14)15/h2-4,6-7,10-11,16H,5H2,1H3. The van der Waals surface area contributed by atoms with E-state index >= 15 is 0 Å². The highest BCUT2D eigenvalue weighted by Gasteiger charge is 2.39. The van der Waals surface area contributed by atoms with Gasteiger partial charge in [-0.2, -0.15) is 0 Å². The van der Waals surface area contributed by atoms with E-state index in [1.54, 1.807) is 6.07 Å². The van der Waals surface area contributed by atoms with Gasteiger partial charge in [-0.1, -0.05) is 19.1 Å². The van der Waals surface area contributed by atoms with Crippen LogP contribution in [-0.4, -0.2) is 11.5 Å². The monoisotopic (exact) mass is 246 g/mol. The fourth-order valence-electron chi connectivity index (χ4n) is 1.93. The molecule has 0 amide bonds. The zero-order valence-electron chi connectivity index (χ0n) is 9.24. The second-order valence-electron chi connectivity index (χ2n) is 4.44. The summed E-state index contributed by atoms with van der Waals surface area (Å²) >= 11 is 0. The van der Waals surface area contributed by atoms with Crippen LogP contribution in [0.2, 0.25) is 0 Å². The predicted molar refractivity (Wildman–Crippen MR) is 55.4 cm³/mol. The lowest BCUT2D eigenvalue weighted by Crippen LogP contribution is -2.17. The zero-order valence-corrected chi connectivity index (χ0v) is 9.24. The molecule has 94 valence electrons. The molecular formula is C12H13F3O2. The summed E-state index contributed by atoms with van der Waals surface area (Å²) in [7, 11) is 0.